The van der Waals surface area contributed by atoms with Crippen LogP contribution in [0.5, 0.6) is 0 Å². The third-order valence-electron chi connectivity index (χ3n) is 11.3. The molecule has 4 heteroatoms. The third-order valence-corrected chi connectivity index (χ3v) is 13.5. The van der Waals surface area contributed by atoms with Crippen molar-refractivity contribution in [2.75, 3.05) is 0 Å². The average Bonchev–Trinajstić information content (AvgIpc) is 3.96. The molecule has 0 aliphatic heterocycles. The van der Waals surface area contributed by atoms with Gasteiger partial charge in [-0.3, -0.25) is 0 Å². The summed E-state index contributed by atoms with van der Waals surface area (Å²) in [5, 5.41) is 9.76. The van der Waals surface area contributed by atoms with Crippen LogP contribution in [0.3, 0.4) is 0 Å². The van der Waals surface area contributed by atoms with E-state index in [0.29, 0.717) is 0 Å². The van der Waals surface area contributed by atoms with Crippen molar-refractivity contribution in [1.29, 1.82) is 0 Å². The predicted octanol–water partition coefficient (Wildman–Crippen LogP) is 15.2. The van der Waals surface area contributed by atoms with Gasteiger partial charge in [0.25, 0.3) is 0 Å². The van der Waals surface area contributed by atoms with Gasteiger partial charge in [-0.25, -0.2) is 0 Å². The summed E-state index contributed by atoms with van der Waals surface area (Å²) in [5.74, 6) is 0. The van der Waals surface area contributed by atoms with Crippen LogP contribution in [0.4, 0.5) is 0 Å². The van der Waals surface area contributed by atoms with Gasteiger partial charge in [-0.15, -0.1) is 22.7 Å². The van der Waals surface area contributed by atoms with Crippen molar-refractivity contribution in [1.82, 2.24) is 0 Å². The van der Waals surface area contributed by atoms with Crippen molar-refractivity contribution in [3.8, 4) is 44.5 Å². The fourth-order valence-corrected chi connectivity index (χ4v) is 11.4. The Bertz CT molecular complexity index is 3060. The molecule has 4 heterocycles. The monoisotopic (exact) mass is 696 g/mol. The molecule has 1 aliphatic carbocycles. The summed E-state index contributed by atoms with van der Waals surface area (Å²) in [4.78, 5) is 0. The Morgan fingerprint density at radius 3 is 1.10 bits per heavy atom. The van der Waals surface area contributed by atoms with Crippen LogP contribution in [0.2, 0.25) is 0 Å². The minimum atomic E-state index is 0.902. The highest BCUT2D eigenvalue weighted by atomic mass is 32.1. The van der Waals surface area contributed by atoms with E-state index in [1.807, 2.05) is 22.7 Å². The highest BCUT2D eigenvalue weighted by Gasteiger charge is 2.31. The molecular formula is C48H24O2S2. The maximum Gasteiger partial charge on any atom is 0.136 e. The van der Waals surface area contributed by atoms with Crippen molar-refractivity contribution in [3.05, 3.63) is 146 Å². The Morgan fingerprint density at radius 2 is 0.635 bits per heavy atom. The van der Waals surface area contributed by atoms with E-state index in [0.717, 1.165) is 43.9 Å². The second-order valence-corrected chi connectivity index (χ2v) is 16.0. The van der Waals surface area contributed by atoms with Crippen molar-refractivity contribution in [2.24, 2.45) is 0 Å². The predicted molar refractivity (Wildman–Crippen MR) is 222 cm³/mol. The first-order valence-electron chi connectivity index (χ1n) is 17.6. The number of para-hydroxylation sites is 2. The minimum absolute atomic E-state index is 0.902. The fourth-order valence-electron chi connectivity index (χ4n) is 9.20. The maximum absolute atomic E-state index is 6.64. The topological polar surface area (TPSA) is 26.3 Å². The van der Waals surface area contributed by atoms with E-state index in [4.69, 9.17) is 8.83 Å². The van der Waals surface area contributed by atoms with Gasteiger partial charge in [0.1, 0.15) is 22.3 Å². The largest absolute Gasteiger partial charge is 0.456 e. The zero-order chi connectivity index (χ0) is 33.7. The minimum Gasteiger partial charge on any atom is -0.456 e. The van der Waals surface area contributed by atoms with Crippen molar-refractivity contribution in [2.45, 2.75) is 0 Å². The number of rotatable bonds is 0. The SMILES string of the molecule is c1ccc2c(c1)oc1ccc3c(c12)-c1c(ccc2sc4ccccc4c12)-c1ccc2sc4ccccc4c2c1-c1c-3ccc2oc3ccccc3c12. The van der Waals surface area contributed by atoms with Gasteiger partial charge >= 0.3 is 0 Å². The van der Waals surface area contributed by atoms with Gasteiger partial charge < -0.3 is 8.83 Å². The van der Waals surface area contributed by atoms with Crippen molar-refractivity contribution in [3.63, 3.8) is 0 Å². The normalized spacial score (nSPS) is 12.6. The van der Waals surface area contributed by atoms with Gasteiger partial charge in [0, 0.05) is 84.1 Å². The van der Waals surface area contributed by atoms with Gasteiger partial charge in [0.2, 0.25) is 0 Å². The van der Waals surface area contributed by atoms with Crippen LogP contribution in [0.15, 0.2) is 154 Å². The summed E-state index contributed by atoms with van der Waals surface area (Å²) >= 11 is 3.75. The Balaban J connectivity index is 1.37. The molecule has 8 aromatic carbocycles. The summed E-state index contributed by atoms with van der Waals surface area (Å²) in [7, 11) is 0. The second kappa shape index (κ2) is 9.77. The van der Waals surface area contributed by atoms with Gasteiger partial charge in [0.05, 0.1) is 0 Å². The second-order valence-electron chi connectivity index (χ2n) is 13.8. The molecule has 0 spiro atoms. The van der Waals surface area contributed by atoms with Crippen LogP contribution in [-0.4, -0.2) is 0 Å². The number of hydrogen-bond donors (Lipinski definition) is 0. The molecule has 0 fully saturated rings. The molecular weight excluding hydrogens is 673 g/mol. The van der Waals surface area contributed by atoms with Crippen LogP contribution in [-0.2, 0) is 0 Å². The molecule has 12 aromatic rings. The first-order chi connectivity index (χ1) is 25.8. The number of hydrogen-bond acceptors (Lipinski definition) is 4. The van der Waals surface area contributed by atoms with Crippen LogP contribution in [0, 0.1) is 0 Å². The number of thiophene rings is 2. The standard InChI is InChI=1S/C48H24O2S2/c1-5-13-33-29(9-1)41-35(49-33)21-17-25-26-18-22-36-42(30-10-2-6-14-34(30)50-36)46(26)48-28(20-24-40-44(48)32-12-4-8-16-38(32)52-40)27-19-23-39-43(47(27)45(25)41)31-11-3-7-15-37(31)51-39/h1-24H. The highest BCUT2D eigenvalue weighted by Crippen LogP contribution is 2.59. The molecule has 240 valence electrons. The van der Waals surface area contributed by atoms with E-state index in [1.165, 1.54) is 84.9 Å². The van der Waals surface area contributed by atoms with E-state index < -0.39 is 0 Å². The molecule has 2 nitrogen and oxygen atoms in total. The van der Waals surface area contributed by atoms with E-state index in [-0.39, 0.29) is 0 Å². The van der Waals surface area contributed by atoms with Gasteiger partial charge in [-0.2, -0.15) is 0 Å². The van der Waals surface area contributed by atoms with E-state index in [1.54, 1.807) is 0 Å². The van der Waals surface area contributed by atoms with Crippen molar-refractivity contribution < 1.29 is 8.83 Å². The number of furan rings is 2. The Kier molecular flexibility index (Phi) is 5.17. The van der Waals surface area contributed by atoms with Crippen molar-refractivity contribution >= 4 is 107 Å². The summed E-state index contributed by atoms with van der Waals surface area (Å²) < 4.78 is 18.5. The molecule has 0 saturated carbocycles. The Morgan fingerprint density at radius 1 is 0.269 bits per heavy atom. The Hall–Kier alpha value is -6.20. The fraction of sp³-hybridized carbons (Fsp3) is 0. The molecule has 4 aromatic heterocycles. The van der Waals surface area contributed by atoms with Gasteiger partial charge in [-0.05, 0) is 82.9 Å². The lowest BCUT2D eigenvalue weighted by molar-refractivity contribution is 0.668. The van der Waals surface area contributed by atoms with E-state index >= 15 is 0 Å². The molecule has 0 N–H and O–H groups in total. The molecule has 0 radical (unpaired) electrons. The Labute approximate surface area is 304 Å². The molecule has 0 atom stereocenters. The van der Waals surface area contributed by atoms with Gasteiger partial charge in [-0.1, -0.05) is 84.9 Å². The summed E-state index contributed by atoms with van der Waals surface area (Å²) in [6, 6.07) is 53.2. The zero-order valence-electron chi connectivity index (χ0n) is 27.5. The number of fused-ring (bicyclic) bond motifs is 24. The lowest BCUT2D eigenvalue weighted by Gasteiger charge is -2.26. The van der Waals surface area contributed by atoms with E-state index in [2.05, 4.69) is 146 Å². The molecule has 0 unspecified atom stereocenters. The van der Waals surface area contributed by atoms with E-state index in [9.17, 15) is 0 Å². The third kappa shape index (κ3) is 3.39. The maximum atomic E-state index is 6.64. The smallest absolute Gasteiger partial charge is 0.136 e. The highest BCUT2D eigenvalue weighted by molar-refractivity contribution is 7.26. The van der Waals surface area contributed by atoms with Gasteiger partial charge in [0.15, 0.2) is 0 Å². The average molecular weight is 697 g/mol. The molecule has 0 amide bonds. The molecule has 0 bridgehead atoms. The molecule has 13 rings (SSSR count). The zero-order valence-corrected chi connectivity index (χ0v) is 29.1. The first-order valence-corrected chi connectivity index (χ1v) is 19.2. The number of benzene rings is 8. The quantitative estimate of drug-likeness (QED) is 0.158. The summed E-state index contributed by atoms with van der Waals surface area (Å²) in [6.07, 6.45) is 0. The van der Waals surface area contributed by atoms with Crippen LogP contribution < -0.4 is 0 Å². The molecule has 52 heavy (non-hydrogen) atoms. The molecule has 0 saturated heterocycles. The van der Waals surface area contributed by atoms with Crippen LogP contribution in [0.1, 0.15) is 0 Å². The lowest BCUT2D eigenvalue weighted by atomic mass is 9.76. The van der Waals surface area contributed by atoms with Crippen LogP contribution >= 0.6 is 22.7 Å². The first kappa shape index (κ1) is 27.5. The van der Waals surface area contributed by atoms with Crippen LogP contribution in [0.25, 0.3) is 129 Å². The molecule has 1 aliphatic rings. The summed E-state index contributed by atoms with van der Waals surface area (Å²) in [6.45, 7) is 0. The summed E-state index contributed by atoms with van der Waals surface area (Å²) in [5.41, 5.74) is 13.5. The lowest BCUT2D eigenvalue weighted by Crippen LogP contribution is -1.99.